The lowest BCUT2D eigenvalue weighted by atomic mass is 10.2. The number of thioether (sulfide) groups is 1. The molecule has 1 aliphatic heterocycles. The minimum absolute atomic E-state index is 0.275. The van der Waals surface area contributed by atoms with E-state index in [1.165, 1.54) is 14.0 Å². The molecule has 2 aromatic rings. The third-order valence-electron chi connectivity index (χ3n) is 3.85. The molecule has 0 radical (unpaired) electrons. The quantitative estimate of drug-likeness (QED) is 0.622. The summed E-state index contributed by atoms with van der Waals surface area (Å²) < 4.78 is 6.54. The zero-order valence-electron chi connectivity index (χ0n) is 13.7. The van der Waals surface area contributed by atoms with E-state index in [1.807, 2.05) is 53.2 Å². The number of imide groups is 1. The van der Waals surface area contributed by atoms with Gasteiger partial charge in [-0.1, -0.05) is 18.2 Å². The first-order valence-electron chi connectivity index (χ1n) is 7.60. The smallest absolute Gasteiger partial charge is 0.328 e. The van der Waals surface area contributed by atoms with Crippen molar-refractivity contribution in [2.75, 3.05) is 7.11 Å². The first-order chi connectivity index (χ1) is 12.0. The Bertz CT molecular complexity index is 857. The minimum Gasteiger partial charge on any atom is -0.467 e. The van der Waals surface area contributed by atoms with Crippen LogP contribution in [0.3, 0.4) is 0 Å². The van der Waals surface area contributed by atoms with Crippen LogP contribution in [-0.2, 0) is 14.3 Å². The maximum absolute atomic E-state index is 12.6. The van der Waals surface area contributed by atoms with Crippen LogP contribution < -0.4 is 0 Å². The molecule has 1 unspecified atom stereocenters. The van der Waals surface area contributed by atoms with Crippen molar-refractivity contribution in [2.24, 2.45) is 0 Å². The summed E-state index contributed by atoms with van der Waals surface area (Å²) in [4.78, 5) is 37.6. The number of para-hydroxylation sites is 1. The Kier molecular flexibility index (Phi) is 4.76. The molecule has 1 atom stereocenters. The van der Waals surface area contributed by atoms with Gasteiger partial charge in [-0.2, -0.15) is 0 Å². The van der Waals surface area contributed by atoms with Gasteiger partial charge in [0.1, 0.15) is 6.04 Å². The van der Waals surface area contributed by atoms with E-state index < -0.39 is 23.2 Å². The van der Waals surface area contributed by atoms with Crippen LogP contribution in [0.4, 0.5) is 4.79 Å². The highest BCUT2D eigenvalue weighted by atomic mass is 32.2. The Hall–Kier alpha value is -2.80. The Morgan fingerprint density at radius 1 is 1.16 bits per heavy atom. The first kappa shape index (κ1) is 17.0. The average molecular weight is 356 g/mol. The standard InChI is InChI=1S/C18H16N2O4S/c1-12(17(22)24-2)20-16(21)15(25-18(20)23)11-14-9-6-10-19(14)13-7-4-3-5-8-13/h3-12H,1-2H3/b15-11-. The molecule has 3 rings (SSSR count). The zero-order chi connectivity index (χ0) is 18.0. The number of methoxy groups -OCH3 is 1. The molecule has 0 spiro atoms. The molecule has 7 heteroatoms. The van der Waals surface area contributed by atoms with Crippen LogP contribution in [0.1, 0.15) is 12.6 Å². The van der Waals surface area contributed by atoms with Gasteiger partial charge >= 0.3 is 5.97 Å². The van der Waals surface area contributed by atoms with Crippen molar-refractivity contribution in [1.29, 1.82) is 0 Å². The Morgan fingerprint density at radius 2 is 1.88 bits per heavy atom. The average Bonchev–Trinajstić information content (AvgIpc) is 3.19. The molecule has 1 aliphatic rings. The Balaban J connectivity index is 1.92. The molecule has 2 amide bonds. The number of nitrogens with zero attached hydrogens (tertiary/aromatic N) is 2. The third-order valence-corrected chi connectivity index (χ3v) is 4.73. The van der Waals surface area contributed by atoms with Gasteiger partial charge in [-0.25, -0.2) is 4.79 Å². The van der Waals surface area contributed by atoms with Crippen molar-refractivity contribution in [1.82, 2.24) is 9.47 Å². The lowest BCUT2D eigenvalue weighted by Gasteiger charge is -2.18. The van der Waals surface area contributed by atoms with Gasteiger partial charge in [-0.15, -0.1) is 0 Å². The zero-order valence-corrected chi connectivity index (χ0v) is 14.5. The van der Waals surface area contributed by atoms with Gasteiger partial charge < -0.3 is 9.30 Å². The fourth-order valence-corrected chi connectivity index (χ4v) is 3.45. The molecule has 1 saturated heterocycles. The number of hydrogen-bond donors (Lipinski definition) is 0. The van der Waals surface area contributed by atoms with Crippen molar-refractivity contribution in [3.8, 4) is 5.69 Å². The fourth-order valence-electron chi connectivity index (χ4n) is 2.56. The number of benzene rings is 1. The predicted molar refractivity (Wildman–Crippen MR) is 95.1 cm³/mol. The minimum atomic E-state index is -0.954. The SMILES string of the molecule is COC(=O)C(C)N1C(=O)S/C(=C\c2cccn2-c2ccccc2)C1=O. The van der Waals surface area contributed by atoms with E-state index in [4.69, 9.17) is 0 Å². The van der Waals surface area contributed by atoms with Gasteiger partial charge in [-0.05, 0) is 49.0 Å². The topological polar surface area (TPSA) is 68.6 Å². The van der Waals surface area contributed by atoms with E-state index in [1.54, 1.807) is 6.08 Å². The summed E-state index contributed by atoms with van der Waals surface area (Å²) in [6, 6.07) is 12.4. The van der Waals surface area contributed by atoms with Crippen molar-refractivity contribution >= 4 is 35.0 Å². The number of ether oxygens (including phenoxy) is 1. The Labute approximate surface area is 149 Å². The molecule has 0 saturated carbocycles. The van der Waals surface area contributed by atoms with E-state index in [0.29, 0.717) is 0 Å². The maximum Gasteiger partial charge on any atom is 0.328 e. The van der Waals surface area contributed by atoms with Crippen molar-refractivity contribution in [3.05, 3.63) is 59.3 Å². The van der Waals surface area contributed by atoms with Gasteiger partial charge in [0.05, 0.1) is 12.0 Å². The maximum atomic E-state index is 12.6. The van der Waals surface area contributed by atoms with Crippen molar-refractivity contribution in [2.45, 2.75) is 13.0 Å². The van der Waals surface area contributed by atoms with Gasteiger partial charge in [-0.3, -0.25) is 14.5 Å². The molecule has 2 heterocycles. The number of carbonyl (C=O) groups is 3. The molecule has 25 heavy (non-hydrogen) atoms. The highest BCUT2D eigenvalue weighted by molar-refractivity contribution is 8.18. The van der Waals surface area contributed by atoms with Gasteiger partial charge in [0.15, 0.2) is 0 Å². The van der Waals surface area contributed by atoms with E-state index >= 15 is 0 Å². The Morgan fingerprint density at radius 3 is 2.56 bits per heavy atom. The van der Waals surface area contributed by atoms with Gasteiger partial charge in [0, 0.05) is 17.6 Å². The summed E-state index contributed by atoms with van der Waals surface area (Å²) in [6.07, 6.45) is 3.53. The molecular weight excluding hydrogens is 340 g/mol. The predicted octanol–water partition coefficient (Wildman–Crippen LogP) is 3.08. The third kappa shape index (κ3) is 3.23. The van der Waals surface area contributed by atoms with Crippen LogP contribution in [0.15, 0.2) is 53.6 Å². The fraction of sp³-hybridized carbons (Fsp3) is 0.167. The van der Waals surface area contributed by atoms with E-state index in [0.717, 1.165) is 28.0 Å². The number of amides is 2. The summed E-state index contributed by atoms with van der Waals surface area (Å²) in [5.41, 5.74) is 1.71. The van der Waals surface area contributed by atoms with Crippen LogP contribution in [0.25, 0.3) is 11.8 Å². The summed E-state index contributed by atoms with van der Waals surface area (Å²) in [6.45, 7) is 1.47. The van der Waals surface area contributed by atoms with Crippen LogP contribution in [-0.4, -0.2) is 39.7 Å². The summed E-state index contributed by atoms with van der Waals surface area (Å²) in [5.74, 6) is -1.12. The van der Waals surface area contributed by atoms with E-state index in [9.17, 15) is 14.4 Å². The lowest BCUT2D eigenvalue weighted by Crippen LogP contribution is -2.42. The second-order valence-corrected chi connectivity index (χ2v) is 6.38. The van der Waals surface area contributed by atoms with E-state index in [2.05, 4.69) is 4.74 Å². The molecule has 0 bridgehead atoms. The molecule has 0 N–H and O–H groups in total. The summed E-state index contributed by atoms with van der Waals surface area (Å²) in [7, 11) is 1.22. The first-order valence-corrected chi connectivity index (χ1v) is 8.42. The molecule has 0 aliphatic carbocycles. The van der Waals surface area contributed by atoms with Crippen molar-refractivity contribution in [3.63, 3.8) is 0 Å². The summed E-state index contributed by atoms with van der Waals surface area (Å²) in [5, 5.41) is -0.480. The molecule has 1 fully saturated rings. The van der Waals surface area contributed by atoms with Crippen LogP contribution in [0.2, 0.25) is 0 Å². The van der Waals surface area contributed by atoms with Gasteiger partial charge in [0.25, 0.3) is 11.1 Å². The molecule has 128 valence electrons. The van der Waals surface area contributed by atoms with Crippen LogP contribution in [0.5, 0.6) is 0 Å². The largest absolute Gasteiger partial charge is 0.467 e. The highest BCUT2D eigenvalue weighted by Crippen LogP contribution is 2.34. The number of esters is 1. The molecule has 1 aromatic heterocycles. The lowest BCUT2D eigenvalue weighted by molar-refractivity contribution is -0.148. The number of carbonyl (C=O) groups excluding carboxylic acids is 3. The number of aromatic nitrogens is 1. The molecule has 1 aromatic carbocycles. The molecule has 6 nitrogen and oxygen atoms in total. The number of rotatable bonds is 4. The van der Waals surface area contributed by atoms with Crippen LogP contribution in [0, 0.1) is 0 Å². The van der Waals surface area contributed by atoms with Crippen LogP contribution >= 0.6 is 11.8 Å². The normalized spacial score (nSPS) is 17.2. The number of hydrogen-bond acceptors (Lipinski definition) is 5. The van der Waals surface area contributed by atoms with Crippen molar-refractivity contribution < 1.29 is 19.1 Å². The summed E-state index contributed by atoms with van der Waals surface area (Å²) >= 11 is 0.818. The van der Waals surface area contributed by atoms with E-state index in [-0.39, 0.29) is 4.91 Å². The highest BCUT2D eigenvalue weighted by Gasteiger charge is 2.41. The van der Waals surface area contributed by atoms with Gasteiger partial charge in [0.2, 0.25) is 0 Å². The second-order valence-electron chi connectivity index (χ2n) is 5.39. The monoisotopic (exact) mass is 356 g/mol. The second kappa shape index (κ2) is 6.98. The molecular formula is C18H16N2O4S.